The molecule has 1 aromatic rings. The van der Waals surface area contributed by atoms with E-state index in [-0.39, 0.29) is 11.6 Å². The van der Waals surface area contributed by atoms with Gasteiger partial charge in [0.05, 0.1) is 5.60 Å². The number of nitrogens with zero attached hydrogens (tertiary/aromatic N) is 1. The van der Waals surface area contributed by atoms with Gasteiger partial charge >= 0.3 is 0 Å². The molecule has 1 atom stereocenters. The van der Waals surface area contributed by atoms with Gasteiger partial charge in [0.15, 0.2) is 0 Å². The Morgan fingerprint density at radius 2 is 2.18 bits per heavy atom. The van der Waals surface area contributed by atoms with Crippen LogP contribution in [-0.4, -0.2) is 23.2 Å². The van der Waals surface area contributed by atoms with Crippen LogP contribution in [0, 0.1) is 0 Å². The normalized spacial score (nSPS) is 20.4. The molecule has 94 valence electrons. The molecule has 0 aromatic carbocycles. The molecule has 0 amide bonds. The summed E-state index contributed by atoms with van der Waals surface area (Å²) in [5, 5.41) is 0. The topological polar surface area (TPSA) is 48.1 Å². The van der Waals surface area contributed by atoms with Crippen molar-refractivity contribution in [2.75, 3.05) is 6.61 Å². The molecule has 2 N–H and O–H groups in total. The van der Waals surface area contributed by atoms with Crippen LogP contribution in [0.25, 0.3) is 0 Å². The van der Waals surface area contributed by atoms with Crippen molar-refractivity contribution in [3.05, 3.63) is 30.1 Å². The molecule has 1 aromatic heterocycles. The molecule has 1 heterocycles. The molecular weight excluding hydrogens is 212 g/mol. The summed E-state index contributed by atoms with van der Waals surface area (Å²) in [6, 6.07) is 6.04. The molecule has 2 rings (SSSR count). The maximum absolute atomic E-state index is 6.37. The minimum atomic E-state index is -0.105. The third-order valence-electron chi connectivity index (χ3n) is 3.71. The van der Waals surface area contributed by atoms with Crippen LogP contribution >= 0.6 is 0 Å². The molecular formula is C14H22N2O. The fourth-order valence-corrected chi connectivity index (χ4v) is 2.81. The van der Waals surface area contributed by atoms with Gasteiger partial charge < -0.3 is 10.5 Å². The molecule has 1 aliphatic rings. The van der Waals surface area contributed by atoms with Crippen LogP contribution in [0.15, 0.2) is 24.4 Å². The van der Waals surface area contributed by atoms with E-state index in [2.05, 4.69) is 4.98 Å². The van der Waals surface area contributed by atoms with E-state index < -0.39 is 0 Å². The molecule has 1 aliphatic carbocycles. The van der Waals surface area contributed by atoms with Crippen molar-refractivity contribution >= 4 is 0 Å². The molecule has 0 aliphatic heterocycles. The number of ether oxygens (including phenoxy) is 1. The predicted molar refractivity (Wildman–Crippen MR) is 68.7 cm³/mol. The standard InChI is InChI=1S/C14H22N2O/c1-2-17-14(8-4-5-9-14)13(15)11-12-7-3-6-10-16-12/h3,6-7,10,13H,2,4-5,8-9,11,15H2,1H3. The third kappa shape index (κ3) is 2.85. The first-order valence-electron chi connectivity index (χ1n) is 6.56. The number of hydrogen-bond donors (Lipinski definition) is 1. The van der Waals surface area contributed by atoms with E-state index in [1.54, 1.807) is 0 Å². The lowest BCUT2D eigenvalue weighted by Gasteiger charge is -2.35. The molecule has 0 spiro atoms. The van der Waals surface area contributed by atoms with Crippen molar-refractivity contribution in [3.63, 3.8) is 0 Å². The van der Waals surface area contributed by atoms with Crippen molar-refractivity contribution < 1.29 is 4.74 Å². The minimum absolute atomic E-state index is 0.0554. The highest BCUT2D eigenvalue weighted by Crippen LogP contribution is 2.36. The van der Waals surface area contributed by atoms with E-state index >= 15 is 0 Å². The van der Waals surface area contributed by atoms with Gasteiger partial charge in [-0.3, -0.25) is 4.98 Å². The summed E-state index contributed by atoms with van der Waals surface area (Å²) in [5.41, 5.74) is 7.32. The lowest BCUT2D eigenvalue weighted by Crippen LogP contribution is -2.49. The van der Waals surface area contributed by atoms with E-state index in [4.69, 9.17) is 10.5 Å². The molecule has 3 nitrogen and oxygen atoms in total. The second kappa shape index (κ2) is 5.61. The molecule has 3 heteroatoms. The van der Waals surface area contributed by atoms with Crippen LogP contribution in [0.3, 0.4) is 0 Å². The summed E-state index contributed by atoms with van der Waals surface area (Å²) >= 11 is 0. The van der Waals surface area contributed by atoms with Gasteiger partial charge in [-0.25, -0.2) is 0 Å². The molecule has 1 unspecified atom stereocenters. The van der Waals surface area contributed by atoms with Crippen LogP contribution in [-0.2, 0) is 11.2 Å². The van der Waals surface area contributed by atoms with Crippen LogP contribution in [0.2, 0.25) is 0 Å². The summed E-state index contributed by atoms with van der Waals surface area (Å²) in [4.78, 5) is 4.35. The largest absolute Gasteiger partial charge is 0.374 e. The lowest BCUT2D eigenvalue weighted by atomic mass is 9.89. The Morgan fingerprint density at radius 3 is 2.76 bits per heavy atom. The summed E-state index contributed by atoms with van der Waals surface area (Å²) in [7, 11) is 0. The van der Waals surface area contributed by atoms with Crippen molar-refractivity contribution in [1.82, 2.24) is 4.98 Å². The van der Waals surface area contributed by atoms with E-state index in [1.807, 2.05) is 31.3 Å². The van der Waals surface area contributed by atoms with E-state index in [0.717, 1.165) is 31.6 Å². The van der Waals surface area contributed by atoms with Gasteiger partial charge in [-0.1, -0.05) is 18.9 Å². The number of aromatic nitrogens is 1. The zero-order chi connectivity index (χ0) is 12.1. The average Bonchev–Trinajstić information content (AvgIpc) is 2.81. The fraction of sp³-hybridized carbons (Fsp3) is 0.643. The Bertz CT molecular complexity index is 333. The Kier molecular flexibility index (Phi) is 4.13. The average molecular weight is 234 g/mol. The maximum Gasteiger partial charge on any atom is 0.0836 e. The number of pyridine rings is 1. The predicted octanol–water partition coefficient (Wildman–Crippen LogP) is 2.30. The van der Waals surface area contributed by atoms with E-state index in [9.17, 15) is 0 Å². The lowest BCUT2D eigenvalue weighted by molar-refractivity contribution is -0.0526. The number of nitrogens with two attached hydrogens (primary N) is 1. The molecule has 0 bridgehead atoms. The van der Waals surface area contributed by atoms with Gasteiger partial charge in [-0.05, 0) is 31.9 Å². The SMILES string of the molecule is CCOC1(C(N)Cc2ccccn2)CCCC1. The smallest absolute Gasteiger partial charge is 0.0836 e. The van der Waals surface area contributed by atoms with Crippen LogP contribution in [0.5, 0.6) is 0 Å². The second-order valence-corrected chi connectivity index (χ2v) is 4.84. The second-order valence-electron chi connectivity index (χ2n) is 4.84. The van der Waals surface area contributed by atoms with Gasteiger partial charge in [-0.15, -0.1) is 0 Å². The van der Waals surface area contributed by atoms with Crippen LogP contribution in [0.4, 0.5) is 0 Å². The van der Waals surface area contributed by atoms with Crippen molar-refractivity contribution in [1.29, 1.82) is 0 Å². The monoisotopic (exact) mass is 234 g/mol. The van der Waals surface area contributed by atoms with Crippen LogP contribution in [0.1, 0.15) is 38.3 Å². The fourth-order valence-electron chi connectivity index (χ4n) is 2.81. The van der Waals surface area contributed by atoms with Gasteiger partial charge in [0.25, 0.3) is 0 Å². The van der Waals surface area contributed by atoms with Crippen molar-refractivity contribution in [2.24, 2.45) is 5.73 Å². The summed E-state index contributed by atoms with van der Waals surface area (Å²) in [6.07, 6.45) is 7.28. The van der Waals surface area contributed by atoms with Gasteiger partial charge in [0, 0.05) is 31.0 Å². The van der Waals surface area contributed by atoms with Crippen LogP contribution < -0.4 is 5.73 Å². The van der Waals surface area contributed by atoms with E-state index in [1.165, 1.54) is 12.8 Å². The quantitative estimate of drug-likeness (QED) is 0.850. The van der Waals surface area contributed by atoms with Gasteiger partial charge in [0.2, 0.25) is 0 Å². The van der Waals surface area contributed by atoms with Crippen molar-refractivity contribution in [2.45, 2.75) is 50.7 Å². The highest BCUT2D eigenvalue weighted by molar-refractivity contribution is 5.08. The summed E-state index contributed by atoms with van der Waals surface area (Å²) < 4.78 is 5.97. The first-order valence-corrected chi connectivity index (χ1v) is 6.56. The Hall–Kier alpha value is -0.930. The maximum atomic E-state index is 6.37. The molecule has 0 radical (unpaired) electrons. The summed E-state index contributed by atoms with van der Waals surface area (Å²) in [5.74, 6) is 0. The zero-order valence-corrected chi connectivity index (χ0v) is 10.6. The van der Waals surface area contributed by atoms with Crippen molar-refractivity contribution in [3.8, 4) is 0 Å². The molecule has 17 heavy (non-hydrogen) atoms. The van der Waals surface area contributed by atoms with Gasteiger partial charge in [-0.2, -0.15) is 0 Å². The number of hydrogen-bond acceptors (Lipinski definition) is 3. The Morgan fingerprint density at radius 1 is 1.41 bits per heavy atom. The Balaban J connectivity index is 2.04. The van der Waals surface area contributed by atoms with E-state index in [0.29, 0.717) is 0 Å². The molecule has 1 saturated carbocycles. The highest BCUT2D eigenvalue weighted by atomic mass is 16.5. The summed E-state index contributed by atoms with van der Waals surface area (Å²) in [6.45, 7) is 2.80. The Labute approximate surface area is 103 Å². The first kappa shape index (κ1) is 12.5. The first-order chi connectivity index (χ1) is 8.27. The highest BCUT2D eigenvalue weighted by Gasteiger charge is 2.40. The minimum Gasteiger partial charge on any atom is -0.374 e. The zero-order valence-electron chi connectivity index (χ0n) is 10.6. The third-order valence-corrected chi connectivity index (χ3v) is 3.71. The number of rotatable bonds is 5. The molecule has 0 saturated heterocycles. The van der Waals surface area contributed by atoms with Gasteiger partial charge in [0.1, 0.15) is 0 Å². The molecule has 1 fully saturated rings.